The smallest absolute Gasteiger partial charge is 0.220 e. The number of carbonyl (C=O) groups is 1. The Morgan fingerprint density at radius 3 is 2.63 bits per heavy atom. The normalized spacial score (nSPS) is 10.9. The largest absolute Gasteiger partial charge is 0.379 e. The second-order valence-corrected chi connectivity index (χ2v) is 3.90. The van der Waals surface area contributed by atoms with Gasteiger partial charge in [-0.25, -0.2) is 0 Å². The Balaban J connectivity index is 2.67. The van der Waals surface area contributed by atoms with E-state index in [4.69, 9.17) is 9.47 Å². The Bertz CT molecular complexity index is 428. The number of hydrogen-bond acceptors (Lipinski definition) is 4. The first-order valence-electron chi connectivity index (χ1n) is 5.99. The predicted octanol–water partition coefficient (Wildman–Crippen LogP) is 1.82. The third-order valence-corrected chi connectivity index (χ3v) is 2.50. The molecule has 0 saturated heterocycles. The fourth-order valence-electron chi connectivity index (χ4n) is 1.51. The summed E-state index contributed by atoms with van der Waals surface area (Å²) >= 11 is 0. The number of benzene rings is 1. The zero-order valence-corrected chi connectivity index (χ0v) is 11.5. The highest BCUT2D eigenvalue weighted by atomic mass is 16.7. The van der Waals surface area contributed by atoms with Crippen LogP contribution in [0.2, 0.25) is 0 Å². The van der Waals surface area contributed by atoms with Gasteiger partial charge in [0.2, 0.25) is 5.91 Å². The summed E-state index contributed by atoms with van der Waals surface area (Å²) in [5.41, 5.74) is 1.92. The summed E-state index contributed by atoms with van der Waals surface area (Å²) in [6, 6.07) is 7.78. The monoisotopic (exact) mass is 264 g/mol. The van der Waals surface area contributed by atoms with Gasteiger partial charge in [0, 0.05) is 33.0 Å². The van der Waals surface area contributed by atoms with Crippen molar-refractivity contribution in [1.29, 1.82) is 0 Å². The van der Waals surface area contributed by atoms with E-state index in [9.17, 15) is 4.79 Å². The fraction of sp³-hybridized carbons (Fsp3) is 0.357. The van der Waals surface area contributed by atoms with Crippen LogP contribution in [0, 0.1) is 0 Å². The quantitative estimate of drug-likeness (QED) is 0.738. The van der Waals surface area contributed by atoms with Crippen molar-refractivity contribution in [2.45, 2.75) is 13.2 Å². The van der Waals surface area contributed by atoms with Gasteiger partial charge >= 0.3 is 0 Å². The summed E-state index contributed by atoms with van der Waals surface area (Å²) in [7, 11) is 3.19. The Morgan fingerprint density at radius 1 is 1.32 bits per heavy atom. The van der Waals surface area contributed by atoms with Crippen molar-refractivity contribution >= 4 is 17.7 Å². The molecule has 0 radical (unpaired) electrons. The van der Waals surface area contributed by atoms with E-state index >= 15 is 0 Å². The number of para-hydroxylation sites is 1. The number of amides is 1. The van der Waals surface area contributed by atoms with Crippen molar-refractivity contribution < 1.29 is 14.3 Å². The summed E-state index contributed by atoms with van der Waals surface area (Å²) in [6.45, 7) is 2.01. The second kappa shape index (κ2) is 8.29. The third-order valence-electron chi connectivity index (χ3n) is 2.50. The molecule has 2 N–H and O–H groups in total. The maximum absolute atomic E-state index is 10.8. The van der Waals surface area contributed by atoms with Gasteiger partial charge in [-0.2, -0.15) is 0 Å². The third kappa shape index (κ3) is 5.54. The molecular formula is C14H20N2O3. The van der Waals surface area contributed by atoms with Gasteiger partial charge in [-0.05, 0) is 17.7 Å². The molecule has 19 heavy (non-hydrogen) atoms. The summed E-state index contributed by atoms with van der Waals surface area (Å²) in [5, 5.41) is 5.85. The van der Waals surface area contributed by atoms with Gasteiger partial charge in [-0.15, -0.1) is 0 Å². The number of methoxy groups -OCH3 is 2. The van der Waals surface area contributed by atoms with Crippen LogP contribution in [0.15, 0.2) is 30.5 Å². The fourth-order valence-corrected chi connectivity index (χ4v) is 1.51. The van der Waals surface area contributed by atoms with Gasteiger partial charge in [-0.1, -0.05) is 18.2 Å². The molecule has 0 aliphatic rings. The van der Waals surface area contributed by atoms with Crippen LogP contribution in [-0.4, -0.2) is 33.0 Å². The van der Waals surface area contributed by atoms with E-state index in [-0.39, 0.29) is 12.2 Å². The van der Waals surface area contributed by atoms with Crippen molar-refractivity contribution in [1.82, 2.24) is 5.32 Å². The van der Waals surface area contributed by atoms with Gasteiger partial charge in [0.1, 0.15) is 0 Å². The molecule has 5 heteroatoms. The maximum atomic E-state index is 10.8. The molecule has 0 spiro atoms. The van der Waals surface area contributed by atoms with Gasteiger partial charge in [0.15, 0.2) is 6.29 Å². The summed E-state index contributed by atoms with van der Waals surface area (Å²) in [4.78, 5) is 10.8. The molecule has 0 bridgehead atoms. The Kier molecular flexibility index (Phi) is 6.63. The Hall–Kier alpha value is -1.85. The van der Waals surface area contributed by atoms with E-state index in [1.165, 1.54) is 6.92 Å². The lowest BCUT2D eigenvalue weighted by atomic mass is 10.1. The minimum absolute atomic E-state index is 0.0967. The molecular weight excluding hydrogens is 244 g/mol. The van der Waals surface area contributed by atoms with Crippen LogP contribution in [0.4, 0.5) is 5.69 Å². The van der Waals surface area contributed by atoms with E-state index in [1.807, 2.05) is 30.3 Å². The van der Waals surface area contributed by atoms with Crippen LogP contribution < -0.4 is 10.6 Å². The summed E-state index contributed by atoms with van der Waals surface area (Å²) < 4.78 is 10.2. The van der Waals surface area contributed by atoms with Gasteiger partial charge in [-0.3, -0.25) is 4.79 Å². The Morgan fingerprint density at radius 2 is 2.00 bits per heavy atom. The molecule has 1 aromatic rings. The average Bonchev–Trinajstić information content (AvgIpc) is 2.41. The van der Waals surface area contributed by atoms with Gasteiger partial charge < -0.3 is 20.1 Å². The molecule has 0 aliphatic heterocycles. The number of nitrogens with one attached hydrogen (secondary N) is 2. The van der Waals surface area contributed by atoms with E-state index < -0.39 is 0 Å². The van der Waals surface area contributed by atoms with Crippen LogP contribution in [0.1, 0.15) is 12.5 Å². The van der Waals surface area contributed by atoms with Crippen molar-refractivity contribution in [2.75, 3.05) is 26.1 Å². The van der Waals surface area contributed by atoms with Crippen LogP contribution in [-0.2, 0) is 14.3 Å². The average molecular weight is 264 g/mol. The van der Waals surface area contributed by atoms with Crippen molar-refractivity contribution in [3.63, 3.8) is 0 Å². The lowest BCUT2D eigenvalue weighted by Crippen LogP contribution is -2.23. The molecule has 1 rings (SSSR count). The lowest BCUT2D eigenvalue weighted by Gasteiger charge is -2.16. The number of anilines is 1. The molecule has 0 atom stereocenters. The predicted molar refractivity (Wildman–Crippen MR) is 75.6 cm³/mol. The van der Waals surface area contributed by atoms with E-state index in [2.05, 4.69) is 10.6 Å². The molecule has 0 aromatic heterocycles. The van der Waals surface area contributed by atoms with Crippen LogP contribution >= 0.6 is 0 Å². The maximum Gasteiger partial charge on any atom is 0.220 e. The molecule has 5 nitrogen and oxygen atoms in total. The van der Waals surface area contributed by atoms with E-state index in [0.29, 0.717) is 6.54 Å². The van der Waals surface area contributed by atoms with Gasteiger partial charge in [0.05, 0.1) is 6.54 Å². The van der Waals surface area contributed by atoms with Crippen LogP contribution in [0.5, 0.6) is 0 Å². The van der Waals surface area contributed by atoms with E-state index in [1.54, 1.807) is 20.4 Å². The topological polar surface area (TPSA) is 59.6 Å². The highest BCUT2D eigenvalue weighted by Gasteiger charge is 2.05. The van der Waals surface area contributed by atoms with Crippen molar-refractivity contribution in [3.8, 4) is 0 Å². The molecule has 0 saturated carbocycles. The first-order valence-corrected chi connectivity index (χ1v) is 5.99. The SMILES string of the molecule is COC(CNc1ccccc1C=CNC(C)=O)OC. The number of carbonyl (C=O) groups excluding carboxylic acids is 1. The molecule has 1 aromatic carbocycles. The van der Waals surface area contributed by atoms with Gasteiger partial charge in [0.25, 0.3) is 0 Å². The number of rotatable bonds is 7. The molecule has 0 aliphatic carbocycles. The summed E-state index contributed by atoms with van der Waals surface area (Å²) in [6.07, 6.45) is 3.15. The molecule has 0 fully saturated rings. The highest BCUT2D eigenvalue weighted by Crippen LogP contribution is 2.16. The minimum atomic E-state index is -0.299. The van der Waals surface area contributed by atoms with Crippen LogP contribution in [0.3, 0.4) is 0 Å². The number of hydrogen-bond donors (Lipinski definition) is 2. The Labute approximate surface area is 113 Å². The molecule has 0 unspecified atom stereocenters. The van der Waals surface area contributed by atoms with E-state index in [0.717, 1.165) is 11.3 Å². The highest BCUT2D eigenvalue weighted by molar-refractivity contribution is 5.76. The molecule has 1 amide bonds. The first kappa shape index (κ1) is 15.2. The standard InChI is InChI=1S/C14H20N2O3/c1-11(17)15-9-8-12-6-4-5-7-13(12)16-10-14(18-2)19-3/h4-9,14,16H,10H2,1-3H3,(H,15,17). The van der Waals surface area contributed by atoms with Crippen molar-refractivity contribution in [3.05, 3.63) is 36.0 Å². The summed E-state index contributed by atoms with van der Waals surface area (Å²) in [5.74, 6) is -0.0967. The second-order valence-electron chi connectivity index (χ2n) is 3.90. The van der Waals surface area contributed by atoms with Crippen LogP contribution in [0.25, 0.3) is 6.08 Å². The minimum Gasteiger partial charge on any atom is -0.379 e. The molecule has 0 heterocycles. The zero-order chi connectivity index (χ0) is 14.1. The first-order chi connectivity index (χ1) is 9.17. The molecule has 104 valence electrons. The van der Waals surface area contributed by atoms with Crippen molar-refractivity contribution in [2.24, 2.45) is 0 Å². The lowest BCUT2D eigenvalue weighted by molar-refractivity contribution is -0.118. The zero-order valence-electron chi connectivity index (χ0n) is 11.5. The number of ether oxygens (including phenoxy) is 2.